The normalized spacial score (nSPS) is 17.7. The summed E-state index contributed by atoms with van der Waals surface area (Å²) in [6.07, 6.45) is 7.56. The molecule has 2 aromatic heterocycles. The zero-order valence-corrected chi connectivity index (χ0v) is 16.2. The number of nitrogens with zero attached hydrogens (tertiary/aromatic N) is 4. The fourth-order valence-corrected chi connectivity index (χ4v) is 4.34. The van der Waals surface area contributed by atoms with Crippen LogP contribution in [0.3, 0.4) is 0 Å². The van der Waals surface area contributed by atoms with Gasteiger partial charge in [0.2, 0.25) is 5.91 Å². The van der Waals surface area contributed by atoms with Crippen molar-refractivity contribution in [2.24, 2.45) is 5.92 Å². The van der Waals surface area contributed by atoms with Crippen molar-refractivity contribution >= 4 is 22.9 Å². The molecule has 1 N–H and O–H groups in total. The molecule has 0 bridgehead atoms. The van der Waals surface area contributed by atoms with E-state index in [1.54, 1.807) is 22.2 Å². The van der Waals surface area contributed by atoms with Crippen molar-refractivity contribution in [3.8, 4) is 5.69 Å². The van der Waals surface area contributed by atoms with Crippen LogP contribution in [0, 0.1) is 12.8 Å². The summed E-state index contributed by atoms with van der Waals surface area (Å²) in [5.41, 5.74) is 1.74. The van der Waals surface area contributed by atoms with Crippen molar-refractivity contribution in [3.63, 3.8) is 0 Å². The maximum Gasteiger partial charge on any atom is 0.228 e. The van der Waals surface area contributed by atoms with Gasteiger partial charge in [-0.15, -0.1) is 11.3 Å². The SMILES string of the molecule is Cc1ncc(CN2CCCC(C(=O)Nc3cccc(-n4cccn4)c3)C2)s1. The van der Waals surface area contributed by atoms with Gasteiger partial charge in [-0.1, -0.05) is 6.07 Å². The number of aromatic nitrogens is 3. The van der Waals surface area contributed by atoms with E-state index in [-0.39, 0.29) is 11.8 Å². The maximum absolute atomic E-state index is 12.8. The number of hydrogen-bond acceptors (Lipinski definition) is 5. The number of amides is 1. The van der Waals surface area contributed by atoms with Crippen LogP contribution in [0.15, 0.2) is 48.9 Å². The summed E-state index contributed by atoms with van der Waals surface area (Å²) in [5, 5.41) is 8.42. The van der Waals surface area contributed by atoms with Gasteiger partial charge >= 0.3 is 0 Å². The van der Waals surface area contributed by atoms with Crippen LogP contribution in [0.1, 0.15) is 22.7 Å². The van der Waals surface area contributed by atoms with Crippen molar-refractivity contribution in [1.82, 2.24) is 19.7 Å². The number of piperidine rings is 1. The molecule has 3 aromatic rings. The molecule has 3 heterocycles. The van der Waals surface area contributed by atoms with E-state index in [0.29, 0.717) is 0 Å². The van der Waals surface area contributed by atoms with Gasteiger partial charge in [-0.2, -0.15) is 5.10 Å². The molecule has 4 rings (SSSR count). The molecule has 1 amide bonds. The quantitative estimate of drug-likeness (QED) is 0.735. The Balaban J connectivity index is 1.38. The third-order valence-electron chi connectivity index (χ3n) is 4.81. The Bertz CT molecular complexity index is 905. The van der Waals surface area contributed by atoms with Crippen molar-refractivity contribution in [1.29, 1.82) is 0 Å². The van der Waals surface area contributed by atoms with Crippen molar-refractivity contribution in [3.05, 3.63) is 58.8 Å². The van der Waals surface area contributed by atoms with Crippen LogP contribution in [0.25, 0.3) is 5.69 Å². The smallest absolute Gasteiger partial charge is 0.228 e. The van der Waals surface area contributed by atoms with E-state index < -0.39 is 0 Å². The average Bonchev–Trinajstić information content (AvgIpc) is 3.34. The number of carbonyl (C=O) groups is 1. The Hall–Kier alpha value is -2.51. The lowest BCUT2D eigenvalue weighted by molar-refractivity contribution is -0.121. The van der Waals surface area contributed by atoms with Crippen LogP contribution >= 0.6 is 11.3 Å². The number of thiazole rings is 1. The largest absolute Gasteiger partial charge is 0.326 e. The molecule has 1 unspecified atom stereocenters. The maximum atomic E-state index is 12.8. The molecule has 1 atom stereocenters. The molecule has 0 saturated carbocycles. The van der Waals surface area contributed by atoms with Crippen LogP contribution in [0.2, 0.25) is 0 Å². The highest BCUT2D eigenvalue weighted by Gasteiger charge is 2.26. The second kappa shape index (κ2) is 8.02. The molecular weight excluding hydrogens is 358 g/mol. The van der Waals surface area contributed by atoms with Crippen LogP contribution < -0.4 is 5.32 Å². The van der Waals surface area contributed by atoms with E-state index in [9.17, 15) is 4.79 Å². The van der Waals surface area contributed by atoms with Crippen molar-refractivity contribution < 1.29 is 4.79 Å². The molecule has 1 aliphatic rings. The summed E-state index contributed by atoms with van der Waals surface area (Å²) < 4.78 is 1.79. The highest BCUT2D eigenvalue weighted by molar-refractivity contribution is 7.11. The van der Waals surface area contributed by atoms with Crippen molar-refractivity contribution in [2.75, 3.05) is 18.4 Å². The second-order valence-electron chi connectivity index (χ2n) is 6.91. The number of hydrogen-bond donors (Lipinski definition) is 1. The summed E-state index contributed by atoms with van der Waals surface area (Å²) in [4.78, 5) is 20.8. The number of rotatable bonds is 5. The molecule has 0 radical (unpaired) electrons. The average molecular weight is 382 g/mol. The number of nitrogens with one attached hydrogen (secondary N) is 1. The first kappa shape index (κ1) is 17.9. The Kier molecular flexibility index (Phi) is 5.31. The minimum absolute atomic E-state index is 0.0149. The van der Waals surface area contributed by atoms with Gasteiger partial charge in [-0.25, -0.2) is 9.67 Å². The van der Waals surface area contributed by atoms with Gasteiger partial charge in [0, 0.05) is 42.2 Å². The molecular formula is C20H23N5OS. The highest BCUT2D eigenvalue weighted by atomic mass is 32.1. The Morgan fingerprint density at radius 3 is 3.07 bits per heavy atom. The van der Waals surface area contributed by atoms with Crippen LogP contribution in [0.4, 0.5) is 5.69 Å². The topological polar surface area (TPSA) is 63.1 Å². The highest BCUT2D eigenvalue weighted by Crippen LogP contribution is 2.23. The minimum atomic E-state index is 0.0149. The number of carbonyl (C=O) groups excluding carboxylic acids is 1. The van der Waals surface area contributed by atoms with Gasteiger partial charge in [-0.05, 0) is 50.6 Å². The molecule has 1 aliphatic heterocycles. The zero-order valence-electron chi connectivity index (χ0n) is 15.3. The molecule has 7 heteroatoms. The summed E-state index contributed by atoms with van der Waals surface area (Å²) in [7, 11) is 0. The number of anilines is 1. The lowest BCUT2D eigenvalue weighted by atomic mass is 9.97. The Labute approximate surface area is 162 Å². The number of benzene rings is 1. The standard InChI is InChI=1S/C20H23N5OS/c1-15-21-12-19(27-15)14-24-9-3-5-16(13-24)20(26)23-17-6-2-7-18(11-17)25-10-4-8-22-25/h2,4,6-8,10-12,16H,3,5,9,13-14H2,1H3,(H,23,26). The molecule has 1 fully saturated rings. The molecule has 0 spiro atoms. The summed E-state index contributed by atoms with van der Waals surface area (Å²) in [5.74, 6) is 0.110. The van der Waals surface area contributed by atoms with E-state index in [2.05, 4.69) is 20.3 Å². The van der Waals surface area contributed by atoms with Crippen LogP contribution in [-0.4, -0.2) is 38.7 Å². The third kappa shape index (κ3) is 4.43. The molecule has 27 heavy (non-hydrogen) atoms. The minimum Gasteiger partial charge on any atom is -0.326 e. The molecule has 1 saturated heterocycles. The van der Waals surface area contributed by atoms with Gasteiger partial charge in [-0.3, -0.25) is 9.69 Å². The van der Waals surface area contributed by atoms with E-state index in [1.807, 2.05) is 49.6 Å². The zero-order chi connectivity index (χ0) is 18.6. The fourth-order valence-electron chi connectivity index (χ4n) is 3.50. The van der Waals surface area contributed by atoms with E-state index in [4.69, 9.17) is 0 Å². The molecule has 1 aromatic carbocycles. The predicted molar refractivity (Wildman–Crippen MR) is 107 cm³/mol. The van der Waals surface area contributed by atoms with Gasteiger partial charge < -0.3 is 5.32 Å². The van der Waals surface area contributed by atoms with Gasteiger partial charge in [0.1, 0.15) is 0 Å². The summed E-state index contributed by atoms with van der Waals surface area (Å²) in [6, 6.07) is 9.66. The predicted octanol–water partition coefficient (Wildman–Crippen LogP) is 3.49. The number of aryl methyl sites for hydroxylation is 1. The van der Waals surface area contributed by atoms with E-state index in [1.165, 1.54) is 4.88 Å². The summed E-state index contributed by atoms with van der Waals surface area (Å²) in [6.45, 7) is 4.74. The summed E-state index contributed by atoms with van der Waals surface area (Å²) >= 11 is 1.73. The monoisotopic (exact) mass is 381 g/mol. The fraction of sp³-hybridized carbons (Fsp3) is 0.350. The van der Waals surface area contributed by atoms with Gasteiger partial charge in [0.25, 0.3) is 0 Å². The first-order chi connectivity index (χ1) is 13.2. The number of likely N-dealkylation sites (tertiary alicyclic amines) is 1. The molecule has 6 nitrogen and oxygen atoms in total. The second-order valence-corrected chi connectivity index (χ2v) is 8.23. The first-order valence-electron chi connectivity index (χ1n) is 9.22. The third-order valence-corrected chi connectivity index (χ3v) is 5.71. The van der Waals surface area contributed by atoms with Crippen LogP contribution in [0.5, 0.6) is 0 Å². The molecule has 0 aliphatic carbocycles. The van der Waals surface area contributed by atoms with Gasteiger partial charge in [0.15, 0.2) is 0 Å². The van der Waals surface area contributed by atoms with E-state index in [0.717, 1.165) is 48.9 Å². The lowest BCUT2D eigenvalue weighted by Crippen LogP contribution is -2.40. The van der Waals surface area contributed by atoms with E-state index >= 15 is 0 Å². The van der Waals surface area contributed by atoms with Gasteiger partial charge in [0.05, 0.1) is 16.6 Å². The Morgan fingerprint density at radius 1 is 1.37 bits per heavy atom. The van der Waals surface area contributed by atoms with Crippen molar-refractivity contribution in [2.45, 2.75) is 26.3 Å². The molecule has 140 valence electrons. The first-order valence-corrected chi connectivity index (χ1v) is 10.0. The van der Waals surface area contributed by atoms with Crippen LogP contribution in [-0.2, 0) is 11.3 Å². The lowest BCUT2D eigenvalue weighted by Gasteiger charge is -2.31. The Morgan fingerprint density at radius 2 is 2.30 bits per heavy atom.